The molecule has 0 heterocycles. The van der Waals surface area contributed by atoms with Gasteiger partial charge < -0.3 is 9.47 Å². The van der Waals surface area contributed by atoms with Crippen LogP contribution in [0.1, 0.15) is 22.3 Å². The van der Waals surface area contributed by atoms with Crippen molar-refractivity contribution < 1.29 is 14.3 Å². The van der Waals surface area contributed by atoms with Gasteiger partial charge in [-0.05, 0) is 57.7 Å². The Kier molecular flexibility index (Phi) is 6.28. The molecule has 0 radical (unpaired) electrons. The summed E-state index contributed by atoms with van der Waals surface area (Å²) in [6.45, 7) is 8.28. The molecular weight excluding hydrogens is 396 g/mol. The van der Waals surface area contributed by atoms with E-state index in [1.54, 1.807) is 24.3 Å². The average molecular weight is 418 g/mol. The van der Waals surface area contributed by atoms with Crippen molar-refractivity contribution in [1.82, 2.24) is 0 Å². The second kappa shape index (κ2) is 9.63. The maximum absolute atomic E-state index is 12.2. The SMILES string of the molecule is C=C(c1ccccc1)c1ccc(OC(=O)Oc2ccc(C(=C)c3ccccc3)cc2)cc1. The highest BCUT2D eigenvalue weighted by atomic mass is 16.7. The summed E-state index contributed by atoms with van der Waals surface area (Å²) in [5.41, 5.74) is 5.78. The van der Waals surface area contributed by atoms with Gasteiger partial charge in [0, 0.05) is 0 Å². The van der Waals surface area contributed by atoms with E-state index < -0.39 is 6.16 Å². The monoisotopic (exact) mass is 418 g/mol. The van der Waals surface area contributed by atoms with E-state index in [0.717, 1.165) is 33.4 Å². The Hall–Kier alpha value is -4.37. The number of ether oxygens (including phenoxy) is 2. The lowest BCUT2D eigenvalue weighted by atomic mass is 10.00. The zero-order valence-corrected chi connectivity index (χ0v) is 17.5. The number of rotatable bonds is 6. The summed E-state index contributed by atoms with van der Waals surface area (Å²) < 4.78 is 10.6. The minimum absolute atomic E-state index is 0.397. The number of carbonyl (C=O) groups is 1. The second-order valence-corrected chi connectivity index (χ2v) is 7.19. The Bertz CT molecular complexity index is 1120. The van der Waals surface area contributed by atoms with Crippen molar-refractivity contribution in [2.24, 2.45) is 0 Å². The van der Waals surface area contributed by atoms with Gasteiger partial charge in [0.25, 0.3) is 0 Å². The molecule has 4 rings (SSSR count). The lowest BCUT2D eigenvalue weighted by Crippen LogP contribution is -2.13. The van der Waals surface area contributed by atoms with Gasteiger partial charge in [0.2, 0.25) is 0 Å². The first-order chi connectivity index (χ1) is 15.6. The largest absolute Gasteiger partial charge is 0.519 e. The van der Waals surface area contributed by atoms with E-state index in [0.29, 0.717) is 11.5 Å². The third-order valence-electron chi connectivity index (χ3n) is 5.05. The van der Waals surface area contributed by atoms with E-state index in [-0.39, 0.29) is 0 Å². The molecular formula is C29H22O3. The highest BCUT2D eigenvalue weighted by Gasteiger charge is 2.10. The predicted molar refractivity (Wildman–Crippen MR) is 129 cm³/mol. The van der Waals surface area contributed by atoms with Gasteiger partial charge in [0.1, 0.15) is 11.5 Å². The third-order valence-corrected chi connectivity index (χ3v) is 5.05. The standard InChI is InChI=1S/C29H22O3/c1-21(23-9-5-3-6-10-23)25-13-17-27(18-14-25)31-29(30)32-28-19-15-26(16-20-28)22(2)24-11-7-4-8-12-24/h3-20H,1-2H2. The highest BCUT2D eigenvalue weighted by Crippen LogP contribution is 2.25. The molecule has 32 heavy (non-hydrogen) atoms. The van der Waals surface area contributed by atoms with Gasteiger partial charge in [0.05, 0.1) is 0 Å². The van der Waals surface area contributed by atoms with Gasteiger partial charge in [-0.3, -0.25) is 0 Å². The van der Waals surface area contributed by atoms with E-state index in [2.05, 4.69) is 13.2 Å². The van der Waals surface area contributed by atoms with E-state index in [4.69, 9.17) is 9.47 Å². The number of carbonyl (C=O) groups excluding carboxylic acids is 1. The summed E-state index contributed by atoms with van der Waals surface area (Å²) in [6.07, 6.45) is -0.797. The normalized spacial score (nSPS) is 10.2. The Morgan fingerprint density at radius 1 is 0.469 bits per heavy atom. The zero-order chi connectivity index (χ0) is 22.3. The van der Waals surface area contributed by atoms with Gasteiger partial charge >= 0.3 is 6.16 Å². The molecule has 0 spiro atoms. The van der Waals surface area contributed by atoms with Crippen molar-refractivity contribution in [3.8, 4) is 11.5 Å². The molecule has 0 saturated heterocycles. The molecule has 0 atom stereocenters. The van der Waals surface area contributed by atoms with Crippen molar-refractivity contribution in [3.05, 3.63) is 145 Å². The van der Waals surface area contributed by atoms with Gasteiger partial charge in [-0.25, -0.2) is 4.79 Å². The molecule has 156 valence electrons. The second-order valence-electron chi connectivity index (χ2n) is 7.19. The van der Waals surface area contributed by atoms with Crippen LogP contribution in [0.25, 0.3) is 11.1 Å². The Morgan fingerprint density at radius 2 is 0.781 bits per heavy atom. The molecule has 4 aromatic carbocycles. The third kappa shape index (κ3) is 5.02. The van der Waals surface area contributed by atoms with Crippen LogP contribution in [-0.4, -0.2) is 6.16 Å². The van der Waals surface area contributed by atoms with Crippen molar-refractivity contribution in [1.29, 1.82) is 0 Å². The van der Waals surface area contributed by atoms with Crippen LogP contribution in [-0.2, 0) is 0 Å². The van der Waals surface area contributed by atoms with Crippen LogP contribution < -0.4 is 9.47 Å². The maximum Gasteiger partial charge on any atom is 0.519 e. The summed E-state index contributed by atoms with van der Waals surface area (Å²) >= 11 is 0. The summed E-state index contributed by atoms with van der Waals surface area (Å²) in [4.78, 5) is 12.2. The van der Waals surface area contributed by atoms with Crippen LogP contribution >= 0.6 is 0 Å². The van der Waals surface area contributed by atoms with Crippen molar-refractivity contribution in [2.75, 3.05) is 0 Å². The Labute approximate surface area is 187 Å². The fourth-order valence-electron chi connectivity index (χ4n) is 3.27. The Balaban J connectivity index is 1.35. The van der Waals surface area contributed by atoms with Crippen LogP contribution in [0.15, 0.2) is 122 Å². The summed E-state index contributed by atoms with van der Waals surface area (Å²) in [7, 11) is 0. The van der Waals surface area contributed by atoms with E-state index >= 15 is 0 Å². The van der Waals surface area contributed by atoms with E-state index in [9.17, 15) is 4.79 Å². The van der Waals surface area contributed by atoms with Gasteiger partial charge in [-0.2, -0.15) is 0 Å². The molecule has 0 N–H and O–H groups in total. The summed E-state index contributed by atoms with van der Waals surface area (Å²) in [5.74, 6) is 0.794. The topological polar surface area (TPSA) is 35.5 Å². The smallest absolute Gasteiger partial charge is 0.395 e. The fourth-order valence-corrected chi connectivity index (χ4v) is 3.27. The first-order valence-corrected chi connectivity index (χ1v) is 10.2. The predicted octanol–water partition coefficient (Wildman–Crippen LogP) is 7.39. The molecule has 0 aliphatic heterocycles. The van der Waals surface area contributed by atoms with Crippen molar-refractivity contribution in [2.45, 2.75) is 0 Å². The number of hydrogen-bond acceptors (Lipinski definition) is 3. The fraction of sp³-hybridized carbons (Fsp3) is 0. The van der Waals surface area contributed by atoms with Crippen molar-refractivity contribution >= 4 is 17.3 Å². The quantitative estimate of drug-likeness (QED) is 0.242. The van der Waals surface area contributed by atoms with Crippen molar-refractivity contribution in [3.63, 3.8) is 0 Å². The molecule has 0 aliphatic carbocycles. The number of hydrogen-bond donors (Lipinski definition) is 0. The highest BCUT2D eigenvalue weighted by molar-refractivity contribution is 5.79. The van der Waals surface area contributed by atoms with Crippen LogP contribution in [0, 0.1) is 0 Å². The van der Waals surface area contributed by atoms with Crippen LogP contribution in [0.3, 0.4) is 0 Å². The van der Waals surface area contributed by atoms with Crippen LogP contribution in [0.4, 0.5) is 4.79 Å². The van der Waals surface area contributed by atoms with Gasteiger partial charge in [0.15, 0.2) is 0 Å². The molecule has 3 nitrogen and oxygen atoms in total. The Morgan fingerprint density at radius 3 is 1.12 bits per heavy atom. The summed E-state index contributed by atoms with van der Waals surface area (Å²) in [6, 6.07) is 34.2. The molecule has 0 saturated carbocycles. The average Bonchev–Trinajstić information content (AvgIpc) is 2.85. The maximum atomic E-state index is 12.2. The first-order valence-electron chi connectivity index (χ1n) is 10.2. The van der Waals surface area contributed by atoms with E-state index in [1.165, 1.54) is 0 Å². The summed E-state index contributed by atoms with van der Waals surface area (Å²) in [5, 5.41) is 0. The lowest BCUT2D eigenvalue weighted by Gasteiger charge is -2.09. The van der Waals surface area contributed by atoms with Gasteiger partial charge in [-0.1, -0.05) is 98.1 Å². The van der Waals surface area contributed by atoms with Crippen LogP contribution in [0.5, 0.6) is 11.5 Å². The minimum Gasteiger partial charge on any atom is -0.395 e. The molecule has 0 aromatic heterocycles. The molecule has 0 fully saturated rings. The van der Waals surface area contributed by atoms with E-state index in [1.807, 2.05) is 84.9 Å². The molecule has 4 aromatic rings. The minimum atomic E-state index is -0.797. The molecule has 0 aliphatic rings. The lowest BCUT2D eigenvalue weighted by molar-refractivity contribution is 0.152. The van der Waals surface area contributed by atoms with Crippen LogP contribution in [0.2, 0.25) is 0 Å². The molecule has 3 heteroatoms. The number of benzene rings is 4. The zero-order valence-electron chi connectivity index (χ0n) is 17.5. The van der Waals surface area contributed by atoms with Gasteiger partial charge in [-0.15, -0.1) is 0 Å². The molecule has 0 amide bonds. The molecule has 0 unspecified atom stereocenters. The first kappa shape index (κ1) is 20.9. The molecule has 0 bridgehead atoms.